The SMILES string of the molecule is COCCCN1C(=O)C(=O)/C(=C(/O)c2cc(Cl)ccc2OC)C1c1ccccc1F. The summed E-state index contributed by atoms with van der Waals surface area (Å²) in [6.45, 7) is 0.510. The normalized spacial score (nSPS) is 18.1. The van der Waals surface area contributed by atoms with Crippen molar-refractivity contribution < 1.29 is 28.6 Å². The zero-order valence-electron chi connectivity index (χ0n) is 16.5. The van der Waals surface area contributed by atoms with Gasteiger partial charge < -0.3 is 19.5 Å². The van der Waals surface area contributed by atoms with E-state index < -0.39 is 29.3 Å². The van der Waals surface area contributed by atoms with Crippen LogP contribution in [0, 0.1) is 5.82 Å². The first kappa shape index (κ1) is 21.8. The van der Waals surface area contributed by atoms with Gasteiger partial charge in [-0.1, -0.05) is 29.8 Å². The van der Waals surface area contributed by atoms with Crippen LogP contribution in [0.1, 0.15) is 23.6 Å². The summed E-state index contributed by atoms with van der Waals surface area (Å²) in [4.78, 5) is 26.9. The van der Waals surface area contributed by atoms with Gasteiger partial charge in [0.15, 0.2) is 0 Å². The maximum absolute atomic E-state index is 14.7. The lowest BCUT2D eigenvalue weighted by Crippen LogP contribution is -2.31. The van der Waals surface area contributed by atoms with Gasteiger partial charge in [0.25, 0.3) is 11.7 Å². The van der Waals surface area contributed by atoms with Crippen LogP contribution in [-0.2, 0) is 14.3 Å². The topological polar surface area (TPSA) is 76.1 Å². The number of hydrogen-bond acceptors (Lipinski definition) is 5. The molecular formula is C22H21ClFNO5. The molecule has 0 saturated carbocycles. The number of benzene rings is 2. The van der Waals surface area contributed by atoms with Gasteiger partial charge in [-0.3, -0.25) is 9.59 Å². The third-order valence-corrected chi connectivity index (χ3v) is 5.14. The number of halogens is 2. The number of Topliss-reactive ketones (excluding diaryl/α,β-unsaturated/α-hetero) is 1. The first-order valence-electron chi connectivity index (χ1n) is 9.26. The number of amides is 1. The summed E-state index contributed by atoms with van der Waals surface area (Å²) in [7, 11) is 2.92. The van der Waals surface area contributed by atoms with Crippen molar-refractivity contribution >= 4 is 29.1 Å². The smallest absolute Gasteiger partial charge is 0.295 e. The van der Waals surface area contributed by atoms with Gasteiger partial charge >= 0.3 is 0 Å². The molecule has 1 aliphatic heterocycles. The summed E-state index contributed by atoms with van der Waals surface area (Å²) in [6.07, 6.45) is 0.439. The Balaban J connectivity index is 2.21. The lowest BCUT2D eigenvalue weighted by Gasteiger charge is -2.25. The lowest BCUT2D eigenvalue weighted by atomic mass is 9.94. The van der Waals surface area contributed by atoms with Gasteiger partial charge in [-0.25, -0.2) is 4.39 Å². The largest absolute Gasteiger partial charge is 0.507 e. The monoisotopic (exact) mass is 433 g/mol. The van der Waals surface area contributed by atoms with E-state index in [-0.39, 0.29) is 29.0 Å². The van der Waals surface area contributed by atoms with Crippen LogP contribution in [0.3, 0.4) is 0 Å². The quantitative estimate of drug-likeness (QED) is 0.310. The van der Waals surface area contributed by atoms with Crippen molar-refractivity contribution in [2.24, 2.45) is 0 Å². The van der Waals surface area contributed by atoms with Gasteiger partial charge in [-0.05, 0) is 30.7 Å². The lowest BCUT2D eigenvalue weighted by molar-refractivity contribution is -0.140. The first-order chi connectivity index (χ1) is 14.4. The van der Waals surface area contributed by atoms with E-state index in [1.807, 2.05) is 0 Å². The zero-order chi connectivity index (χ0) is 21.8. The highest BCUT2D eigenvalue weighted by Crippen LogP contribution is 2.42. The Morgan fingerprint density at radius 3 is 2.60 bits per heavy atom. The van der Waals surface area contributed by atoms with E-state index >= 15 is 0 Å². The number of methoxy groups -OCH3 is 2. The third kappa shape index (κ3) is 4.04. The molecule has 30 heavy (non-hydrogen) atoms. The third-order valence-electron chi connectivity index (χ3n) is 4.90. The van der Waals surface area contributed by atoms with E-state index in [0.29, 0.717) is 18.1 Å². The first-order valence-corrected chi connectivity index (χ1v) is 9.64. The summed E-state index contributed by atoms with van der Waals surface area (Å²) in [5.41, 5.74) is 0.0287. The second-order valence-corrected chi connectivity index (χ2v) is 7.14. The highest BCUT2D eigenvalue weighted by atomic mass is 35.5. The molecule has 1 aliphatic rings. The van der Waals surface area contributed by atoms with Crippen molar-refractivity contribution in [3.8, 4) is 5.75 Å². The number of carbonyl (C=O) groups excluding carboxylic acids is 2. The van der Waals surface area contributed by atoms with Gasteiger partial charge in [-0.2, -0.15) is 0 Å². The van der Waals surface area contributed by atoms with E-state index in [9.17, 15) is 19.1 Å². The fraction of sp³-hybridized carbons (Fsp3) is 0.273. The average Bonchev–Trinajstić information content (AvgIpc) is 2.98. The maximum atomic E-state index is 14.7. The van der Waals surface area contributed by atoms with Crippen LogP contribution < -0.4 is 4.74 Å². The van der Waals surface area contributed by atoms with Crippen molar-refractivity contribution in [3.05, 3.63) is 70.0 Å². The molecule has 1 N–H and O–H groups in total. The van der Waals surface area contributed by atoms with Crippen LogP contribution in [0.2, 0.25) is 5.02 Å². The molecule has 2 aromatic rings. The molecule has 6 nitrogen and oxygen atoms in total. The molecule has 8 heteroatoms. The van der Waals surface area contributed by atoms with Crippen LogP contribution in [0.25, 0.3) is 5.76 Å². The van der Waals surface area contributed by atoms with Crippen molar-refractivity contribution in [2.75, 3.05) is 27.4 Å². The number of nitrogens with zero attached hydrogens (tertiary/aromatic N) is 1. The molecule has 0 bridgehead atoms. The zero-order valence-corrected chi connectivity index (χ0v) is 17.3. The molecule has 2 aromatic carbocycles. The highest BCUT2D eigenvalue weighted by Gasteiger charge is 2.46. The van der Waals surface area contributed by atoms with Crippen LogP contribution in [0.5, 0.6) is 5.75 Å². The molecule has 1 fully saturated rings. The number of hydrogen-bond donors (Lipinski definition) is 1. The molecule has 0 radical (unpaired) electrons. The molecule has 1 amide bonds. The van der Waals surface area contributed by atoms with E-state index in [1.165, 1.54) is 49.5 Å². The Kier molecular flexibility index (Phi) is 6.74. The fourth-order valence-corrected chi connectivity index (χ4v) is 3.69. The van der Waals surface area contributed by atoms with Crippen molar-refractivity contribution in [1.82, 2.24) is 4.90 Å². The summed E-state index contributed by atoms with van der Waals surface area (Å²) in [5, 5.41) is 11.4. The summed E-state index contributed by atoms with van der Waals surface area (Å²) >= 11 is 6.06. The van der Waals surface area contributed by atoms with E-state index in [1.54, 1.807) is 12.1 Å². The van der Waals surface area contributed by atoms with Gasteiger partial charge in [-0.15, -0.1) is 0 Å². The average molecular weight is 434 g/mol. The Hall–Kier alpha value is -2.90. The molecule has 0 spiro atoms. The molecule has 0 aliphatic carbocycles. The summed E-state index contributed by atoms with van der Waals surface area (Å²) < 4.78 is 25.0. The Morgan fingerprint density at radius 1 is 1.20 bits per heavy atom. The molecule has 158 valence electrons. The molecule has 1 saturated heterocycles. The molecule has 1 unspecified atom stereocenters. The molecule has 1 atom stereocenters. The van der Waals surface area contributed by atoms with Gasteiger partial charge in [0, 0.05) is 30.8 Å². The fourth-order valence-electron chi connectivity index (χ4n) is 3.52. The summed E-state index contributed by atoms with van der Waals surface area (Å²) in [6, 6.07) is 9.27. The Labute approximate surface area is 178 Å². The number of likely N-dealkylation sites (tertiary alicyclic amines) is 1. The second-order valence-electron chi connectivity index (χ2n) is 6.70. The number of aliphatic hydroxyl groups excluding tert-OH is 1. The number of ketones is 1. The number of carbonyl (C=O) groups is 2. The van der Waals surface area contributed by atoms with Gasteiger partial charge in [0.2, 0.25) is 0 Å². The minimum atomic E-state index is -1.09. The van der Waals surface area contributed by atoms with E-state index in [0.717, 1.165) is 0 Å². The van der Waals surface area contributed by atoms with Crippen molar-refractivity contribution in [1.29, 1.82) is 0 Å². The van der Waals surface area contributed by atoms with Crippen LogP contribution >= 0.6 is 11.6 Å². The second kappa shape index (κ2) is 9.28. The summed E-state index contributed by atoms with van der Waals surface area (Å²) in [5.74, 6) is -2.53. The van der Waals surface area contributed by atoms with Gasteiger partial charge in [0.05, 0.1) is 24.3 Å². The Morgan fingerprint density at radius 2 is 1.93 bits per heavy atom. The van der Waals surface area contributed by atoms with E-state index in [2.05, 4.69) is 0 Å². The van der Waals surface area contributed by atoms with Crippen LogP contribution in [0.4, 0.5) is 4.39 Å². The Bertz CT molecular complexity index is 1010. The van der Waals surface area contributed by atoms with Gasteiger partial charge in [0.1, 0.15) is 17.3 Å². The molecule has 0 aromatic heterocycles. The number of ether oxygens (including phenoxy) is 2. The predicted octanol–water partition coefficient (Wildman–Crippen LogP) is 3.95. The van der Waals surface area contributed by atoms with Crippen LogP contribution in [0.15, 0.2) is 48.0 Å². The number of aliphatic hydroxyl groups is 1. The standard InChI is InChI=1S/C22H21ClFNO5/c1-29-11-5-10-25-19(14-6-3-4-7-16(14)24)18(21(27)22(25)28)20(26)15-12-13(23)8-9-17(15)30-2/h3-4,6-9,12,19,26H,5,10-11H2,1-2H3/b20-18+. The number of rotatable bonds is 7. The molecule has 1 heterocycles. The highest BCUT2D eigenvalue weighted by molar-refractivity contribution is 6.46. The predicted molar refractivity (Wildman–Crippen MR) is 110 cm³/mol. The van der Waals surface area contributed by atoms with Crippen molar-refractivity contribution in [3.63, 3.8) is 0 Å². The molecular weight excluding hydrogens is 413 g/mol. The van der Waals surface area contributed by atoms with Crippen molar-refractivity contribution in [2.45, 2.75) is 12.5 Å². The maximum Gasteiger partial charge on any atom is 0.295 e. The minimum Gasteiger partial charge on any atom is -0.507 e. The molecule has 3 rings (SSSR count). The van der Waals surface area contributed by atoms with E-state index in [4.69, 9.17) is 21.1 Å². The van der Waals surface area contributed by atoms with Crippen LogP contribution in [-0.4, -0.2) is 49.1 Å². The minimum absolute atomic E-state index is 0.108.